The second-order valence-electron chi connectivity index (χ2n) is 2.37. The van der Waals surface area contributed by atoms with E-state index < -0.39 is 10.1 Å². The van der Waals surface area contributed by atoms with Gasteiger partial charge in [-0.1, -0.05) is 20.3 Å². The van der Waals surface area contributed by atoms with E-state index in [2.05, 4.69) is 19.6 Å². The largest absolute Gasteiger partial charge is 0.748 e. The number of rotatable bonds is 4. The third-order valence-electron chi connectivity index (χ3n) is 0.984. The Morgan fingerprint density at radius 3 is 1.75 bits per heavy atom. The minimum Gasteiger partial charge on any atom is -0.748 e. The molecule has 0 aliphatic rings. The van der Waals surface area contributed by atoms with Crippen molar-refractivity contribution in [2.24, 2.45) is 0 Å². The van der Waals surface area contributed by atoms with E-state index in [1.54, 1.807) is 6.92 Å². The molecule has 0 radical (unpaired) electrons. The monoisotopic (exact) mass is 214 g/mol. The minimum absolute atomic E-state index is 0.243. The highest BCUT2D eigenvalue weighted by Gasteiger charge is 1.86. The first-order chi connectivity index (χ1) is 5.47. The highest BCUT2D eigenvalue weighted by Crippen LogP contribution is 1.83. The summed E-state index contributed by atoms with van der Waals surface area (Å²) in [5, 5.41) is 0. The van der Waals surface area contributed by atoms with Gasteiger partial charge in [0.1, 0.15) is 5.75 Å². The molecule has 0 spiro atoms. The smallest absolute Gasteiger partial charge is 0.103 e. The Bertz CT molecular complexity index is 161. The lowest BCUT2D eigenvalue weighted by molar-refractivity contribution is 0.462. The third-order valence-corrected chi connectivity index (χ3v) is 2.25. The summed E-state index contributed by atoms with van der Waals surface area (Å²) >= 11 is 3.35. The molecule has 0 aromatic heterocycles. The summed E-state index contributed by atoms with van der Waals surface area (Å²) in [5.74, 6) is 0.906. The van der Waals surface area contributed by atoms with Crippen molar-refractivity contribution in [3.05, 3.63) is 0 Å². The normalized spacial score (nSPS) is 10.3. The summed E-state index contributed by atoms with van der Waals surface area (Å²) in [7, 11) is -3.92. The van der Waals surface area contributed by atoms with E-state index in [-0.39, 0.29) is 5.75 Å². The van der Waals surface area contributed by atoms with Crippen LogP contribution in [0.15, 0.2) is 0 Å². The van der Waals surface area contributed by atoms with E-state index in [9.17, 15) is 13.0 Å². The number of hydrogen-bond donors (Lipinski definition) is 0. The van der Waals surface area contributed by atoms with Gasteiger partial charge in [-0.05, 0) is 25.5 Å². The van der Waals surface area contributed by atoms with Crippen LogP contribution in [0.2, 0.25) is 0 Å². The average molecular weight is 214 g/mol. The van der Waals surface area contributed by atoms with Crippen LogP contribution in [0.25, 0.3) is 0 Å². The molecule has 0 amide bonds. The van der Waals surface area contributed by atoms with Gasteiger partial charge in [-0.25, -0.2) is 8.42 Å². The summed E-state index contributed by atoms with van der Waals surface area (Å²) in [6, 6.07) is 0. The van der Waals surface area contributed by atoms with Gasteiger partial charge in [0, 0.05) is 5.75 Å². The van der Waals surface area contributed by atoms with Crippen LogP contribution < -0.4 is 0 Å². The summed E-state index contributed by atoms with van der Waals surface area (Å²) in [5.41, 5.74) is 0. The van der Waals surface area contributed by atoms with Crippen LogP contribution in [-0.4, -0.2) is 24.5 Å². The van der Waals surface area contributed by atoms with Crippen LogP contribution in [0.1, 0.15) is 33.1 Å². The maximum atomic E-state index is 9.68. The maximum absolute atomic E-state index is 9.68. The Morgan fingerprint density at radius 1 is 1.25 bits per heavy atom. The molecule has 0 atom stereocenters. The lowest BCUT2D eigenvalue weighted by atomic mass is 10.4. The number of hydrogen-bond acceptors (Lipinski definition) is 3. The first kappa shape index (κ1) is 14.8. The van der Waals surface area contributed by atoms with Gasteiger partial charge in [0.2, 0.25) is 0 Å². The maximum Gasteiger partial charge on any atom is 0.103 e. The molecule has 0 aromatic rings. The van der Waals surface area contributed by atoms with Crippen LogP contribution in [0.4, 0.5) is 0 Å². The van der Waals surface area contributed by atoms with Crippen molar-refractivity contribution in [1.82, 2.24) is 0 Å². The molecule has 0 bridgehead atoms. The third kappa shape index (κ3) is 22.5. The quantitative estimate of drug-likeness (QED) is 0.512. The predicted molar refractivity (Wildman–Crippen MR) is 54.8 cm³/mol. The molecular formula is C7H18O3S2. The first-order valence-electron chi connectivity index (χ1n) is 4.06. The van der Waals surface area contributed by atoms with Crippen LogP contribution in [0.3, 0.4) is 0 Å². The SMILES string of the molecule is CCCC[SH2+].CCCS(=O)(=O)[O-]. The van der Waals surface area contributed by atoms with Crippen molar-refractivity contribution >= 4 is 22.7 Å². The molecule has 0 aliphatic carbocycles. The zero-order valence-electron chi connectivity index (χ0n) is 7.67. The van der Waals surface area contributed by atoms with E-state index in [1.807, 2.05) is 0 Å². The fraction of sp³-hybridized carbons (Fsp3) is 1.00. The fourth-order valence-electron chi connectivity index (χ4n) is 0.427. The van der Waals surface area contributed by atoms with Crippen molar-refractivity contribution in [2.75, 3.05) is 11.5 Å². The van der Waals surface area contributed by atoms with Crippen LogP contribution in [0, 0.1) is 0 Å². The van der Waals surface area contributed by atoms with Gasteiger partial charge in [-0.2, -0.15) is 0 Å². The van der Waals surface area contributed by atoms with E-state index in [0.29, 0.717) is 6.42 Å². The Kier molecular flexibility index (Phi) is 11.5. The minimum atomic E-state index is -3.92. The highest BCUT2D eigenvalue weighted by atomic mass is 32.2. The molecule has 0 unspecified atom stereocenters. The van der Waals surface area contributed by atoms with Crippen molar-refractivity contribution in [3.8, 4) is 0 Å². The molecule has 0 saturated carbocycles. The average Bonchev–Trinajstić information content (AvgIpc) is 1.87. The van der Waals surface area contributed by atoms with Crippen molar-refractivity contribution < 1.29 is 13.0 Å². The molecule has 0 heterocycles. The summed E-state index contributed by atoms with van der Waals surface area (Å²) < 4.78 is 29.0. The zero-order chi connectivity index (χ0) is 10.0. The molecule has 0 rings (SSSR count). The van der Waals surface area contributed by atoms with Crippen molar-refractivity contribution in [2.45, 2.75) is 33.1 Å². The van der Waals surface area contributed by atoms with E-state index >= 15 is 0 Å². The lowest BCUT2D eigenvalue weighted by Crippen LogP contribution is -2.01. The lowest BCUT2D eigenvalue weighted by Gasteiger charge is -2.00. The molecule has 76 valence electrons. The molecule has 12 heavy (non-hydrogen) atoms. The molecular weight excluding hydrogens is 196 g/mol. The molecule has 0 fully saturated rings. The summed E-state index contributed by atoms with van der Waals surface area (Å²) in [6.45, 7) is 3.83. The van der Waals surface area contributed by atoms with Gasteiger partial charge in [0.25, 0.3) is 0 Å². The highest BCUT2D eigenvalue weighted by molar-refractivity contribution is 7.85. The van der Waals surface area contributed by atoms with Gasteiger partial charge in [0.05, 0.1) is 10.1 Å². The van der Waals surface area contributed by atoms with Gasteiger partial charge in [-0.3, -0.25) is 0 Å². The Balaban J connectivity index is 0. The molecule has 0 aromatic carbocycles. The second-order valence-corrected chi connectivity index (χ2v) is 4.39. The first-order valence-corrected chi connectivity index (χ1v) is 6.34. The topological polar surface area (TPSA) is 57.2 Å². The van der Waals surface area contributed by atoms with Crippen LogP contribution in [-0.2, 0) is 22.7 Å². The molecule has 0 saturated heterocycles. The van der Waals surface area contributed by atoms with E-state index in [4.69, 9.17) is 0 Å². The standard InChI is InChI=1S/C4H10S.C3H8O3S/c1-2-3-4-5;1-2-3-7(4,5)6/h5H,2-4H2,1H3;2-3H2,1H3,(H,4,5,6). The van der Waals surface area contributed by atoms with Crippen molar-refractivity contribution in [3.63, 3.8) is 0 Å². The van der Waals surface area contributed by atoms with Gasteiger partial charge in [0.15, 0.2) is 0 Å². The molecule has 0 N–H and O–H groups in total. The van der Waals surface area contributed by atoms with Crippen molar-refractivity contribution in [1.29, 1.82) is 0 Å². The van der Waals surface area contributed by atoms with Gasteiger partial charge >= 0.3 is 0 Å². The molecule has 0 aliphatic heterocycles. The van der Waals surface area contributed by atoms with Gasteiger partial charge < -0.3 is 4.55 Å². The Hall–Kier alpha value is 0.260. The van der Waals surface area contributed by atoms with E-state index in [1.165, 1.54) is 12.8 Å². The zero-order valence-corrected chi connectivity index (χ0v) is 9.49. The number of unbranched alkanes of at least 4 members (excludes halogenated alkanes) is 1. The molecule has 3 nitrogen and oxygen atoms in total. The van der Waals surface area contributed by atoms with Crippen LogP contribution >= 0.6 is 0 Å². The second kappa shape index (κ2) is 9.35. The Labute approximate surface area is 80.7 Å². The van der Waals surface area contributed by atoms with E-state index in [0.717, 1.165) is 5.75 Å². The molecule has 5 heteroatoms. The van der Waals surface area contributed by atoms with Gasteiger partial charge in [-0.15, -0.1) is 0 Å². The summed E-state index contributed by atoms with van der Waals surface area (Å²) in [6.07, 6.45) is 3.01. The summed E-state index contributed by atoms with van der Waals surface area (Å²) in [4.78, 5) is 0. The van der Waals surface area contributed by atoms with Crippen LogP contribution in [0.5, 0.6) is 0 Å². The fourth-order valence-corrected chi connectivity index (χ4v) is 1.28. The predicted octanol–water partition coefficient (Wildman–Crippen LogP) is 0.740. The Morgan fingerprint density at radius 2 is 1.75 bits per heavy atom.